The monoisotopic (exact) mass is 334 g/mol. The number of carboxylic acid groups (broad SMARTS) is 1. The molecule has 0 radical (unpaired) electrons. The molecule has 2 aliphatic rings. The topological polar surface area (TPSA) is 88.1 Å². The van der Waals surface area contributed by atoms with Crippen molar-refractivity contribution in [3.05, 3.63) is 23.8 Å². The van der Waals surface area contributed by atoms with Crippen molar-refractivity contribution >= 4 is 11.9 Å². The van der Waals surface area contributed by atoms with E-state index in [2.05, 4.69) is 5.32 Å². The summed E-state index contributed by atoms with van der Waals surface area (Å²) in [6.07, 6.45) is 1.83. The van der Waals surface area contributed by atoms with Crippen LogP contribution in [0.5, 0.6) is 11.5 Å². The lowest BCUT2D eigenvalue weighted by Gasteiger charge is -2.34. The van der Waals surface area contributed by atoms with Crippen LogP contribution < -0.4 is 14.8 Å². The number of hydrogen-bond acceptors (Lipinski definition) is 5. The van der Waals surface area contributed by atoms with Gasteiger partial charge in [-0.05, 0) is 44.0 Å². The summed E-state index contributed by atoms with van der Waals surface area (Å²) >= 11 is 0. The summed E-state index contributed by atoms with van der Waals surface area (Å²) in [5.74, 6) is 0.515. The second-order valence-electron chi connectivity index (χ2n) is 6.30. The van der Waals surface area contributed by atoms with Gasteiger partial charge in [0.25, 0.3) is 0 Å². The molecule has 1 amide bonds. The molecule has 2 heterocycles. The fourth-order valence-electron chi connectivity index (χ4n) is 3.24. The van der Waals surface area contributed by atoms with Gasteiger partial charge in [0.05, 0.1) is 5.92 Å². The lowest BCUT2D eigenvalue weighted by atomic mass is 9.92. The van der Waals surface area contributed by atoms with E-state index in [0.29, 0.717) is 32.4 Å². The van der Waals surface area contributed by atoms with Gasteiger partial charge in [-0.15, -0.1) is 0 Å². The SMILES string of the molecule is CN1CC(C(=O)NCCc2ccc3c(c2)OCO3)CCC1C(=O)O. The Kier molecular flexibility index (Phi) is 4.89. The van der Waals surface area contributed by atoms with Gasteiger partial charge in [0, 0.05) is 13.1 Å². The minimum atomic E-state index is -0.820. The maximum Gasteiger partial charge on any atom is 0.320 e. The lowest BCUT2D eigenvalue weighted by molar-refractivity contribution is -0.146. The normalized spacial score (nSPS) is 23.0. The first-order valence-corrected chi connectivity index (χ1v) is 8.14. The first kappa shape index (κ1) is 16.6. The number of aliphatic carboxylic acids is 1. The van der Waals surface area contributed by atoms with Crippen LogP contribution in [0, 0.1) is 5.92 Å². The van der Waals surface area contributed by atoms with Crippen LogP contribution >= 0.6 is 0 Å². The van der Waals surface area contributed by atoms with Crippen molar-refractivity contribution in [2.75, 3.05) is 26.9 Å². The number of fused-ring (bicyclic) bond motifs is 1. The highest BCUT2D eigenvalue weighted by molar-refractivity contribution is 5.80. The fraction of sp³-hybridized carbons (Fsp3) is 0.529. The number of likely N-dealkylation sites (N-methyl/N-ethyl adjacent to an activating group) is 1. The quantitative estimate of drug-likeness (QED) is 0.831. The molecule has 1 saturated heterocycles. The second-order valence-corrected chi connectivity index (χ2v) is 6.30. The van der Waals surface area contributed by atoms with Crippen molar-refractivity contribution in [3.8, 4) is 11.5 Å². The van der Waals surface area contributed by atoms with Crippen molar-refractivity contribution < 1.29 is 24.2 Å². The molecule has 2 unspecified atom stereocenters. The van der Waals surface area contributed by atoms with Crippen LogP contribution in [0.1, 0.15) is 18.4 Å². The number of hydrogen-bond donors (Lipinski definition) is 2. The summed E-state index contributed by atoms with van der Waals surface area (Å²) in [5, 5.41) is 12.1. The van der Waals surface area contributed by atoms with Gasteiger partial charge in [0.2, 0.25) is 12.7 Å². The zero-order valence-corrected chi connectivity index (χ0v) is 13.7. The molecule has 0 bridgehead atoms. The van der Waals surface area contributed by atoms with E-state index in [-0.39, 0.29) is 18.6 Å². The van der Waals surface area contributed by atoms with Gasteiger partial charge >= 0.3 is 5.97 Å². The Morgan fingerprint density at radius 3 is 2.83 bits per heavy atom. The zero-order valence-electron chi connectivity index (χ0n) is 13.7. The average Bonchev–Trinajstić information content (AvgIpc) is 3.02. The molecule has 24 heavy (non-hydrogen) atoms. The molecule has 1 aromatic carbocycles. The number of nitrogens with one attached hydrogen (secondary N) is 1. The average molecular weight is 334 g/mol. The number of likely N-dealkylation sites (tertiary alicyclic amines) is 1. The lowest BCUT2D eigenvalue weighted by Crippen LogP contribution is -2.49. The first-order chi connectivity index (χ1) is 11.5. The number of carboxylic acids is 1. The van der Waals surface area contributed by atoms with Crippen LogP contribution in [-0.4, -0.2) is 54.9 Å². The number of rotatable bonds is 5. The first-order valence-electron chi connectivity index (χ1n) is 8.14. The van der Waals surface area contributed by atoms with Crippen LogP contribution in [0.25, 0.3) is 0 Å². The largest absolute Gasteiger partial charge is 0.480 e. The summed E-state index contributed by atoms with van der Waals surface area (Å²) in [6.45, 7) is 1.27. The maximum absolute atomic E-state index is 12.3. The summed E-state index contributed by atoms with van der Waals surface area (Å²) in [6, 6.07) is 5.29. The number of carbonyl (C=O) groups is 2. The molecular weight excluding hydrogens is 312 g/mol. The molecule has 0 aliphatic carbocycles. The van der Waals surface area contributed by atoms with Crippen molar-refractivity contribution in [2.45, 2.75) is 25.3 Å². The van der Waals surface area contributed by atoms with E-state index in [0.717, 1.165) is 17.1 Å². The van der Waals surface area contributed by atoms with Gasteiger partial charge in [0.15, 0.2) is 11.5 Å². The fourth-order valence-corrected chi connectivity index (χ4v) is 3.24. The molecular formula is C17H22N2O5. The van der Waals surface area contributed by atoms with Crippen molar-refractivity contribution in [1.82, 2.24) is 10.2 Å². The molecule has 3 rings (SSSR count). The van der Waals surface area contributed by atoms with Crippen LogP contribution in [0.3, 0.4) is 0 Å². The Balaban J connectivity index is 1.45. The van der Waals surface area contributed by atoms with Crippen LogP contribution in [0.15, 0.2) is 18.2 Å². The predicted octanol–water partition coefficient (Wildman–Crippen LogP) is 0.869. The summed E-state index contributed by atoms with van der Waals surface area (Å²) in [4.78, 5) is 25.1. The summed E-state index contributed by atoms with van der Waals surface area (Å²) in [7, 11) is 1.75. The molecule has 7 heteroatoms. The van der Waals surface area contributed by atoms with Crippen molar-refractivity contribution in [1.29, 1.82) is 0 Å². The minimum absolute atomic E-state index is 0.00793. The third kappa shape index (κ3) is 3.62. The summed E-state index contributed by atoms with van der Waals surface area (Å²) < 4.78 is 10.6. The predicted molar refractivity (Wildman–Crippen MR) is 86.1 cm³/mol. The molecule has 0 aromatic heterocycles. The molecule has 7 nitrogen and oxygen atoms in total. The Labute approximate surface area is 140 Å². The molecule has 1 aromatic rings. The number of benzene rings is 1. The maximum atomic E-state index is 12.3. The molecule has 2 N–H and O–H groups in total. The third-order valence-electron chi connectivity index (χ3n) is 4.63. The molecule has 0 saturated carbocycles. The van der Waals surface area contributed by atoms with E-state index in [1.807, 2.05) is 18.2 Å². The molecule has 130 valence electrons. The number of piperidine rings is 1. The van der Waals surface area contributed by atoms with Gasteiger partial charge in [0.1, 0.15) is 6.04 Å². The van der Waals surface area contributed by atoms with E-state index in [9.17, 15) is 9.59 Å². The highest BCUT2D eigenvalue weighted by Crippen LogP contribution is 2.32. The zero-order chi connectivity index (χ0) is 17.1. The van der Waals surface area contributed by atoms with Gasteiger partial charge in [-0.25, -0.2) is 0 Å². The Morgan fingerprint density at radius 1 is 1.29 bits per heavy atom. The number of carbonyl (C=O) groups excluding carboxylic acids is 1. The van der Waals surface area contributed by atoms with E-state index in [4.69, 9.17) is 14.6 Å². The van der Waals surface area contributed by atoms with Gasteiger partial charge in [-0.3, -0.25) is 14.5 Å². The van der Waals surface area contributed by atoms with E-state index < -0.39 is 12.0 Å². The molecule has 1 fully saturated rings. The highest BCUT2D eigenvalue weighted by atomic mass is 16.7. The standard InChI is InChI=1S/C17H22N2O5/c1-19-9-12(3-4-13(19)17(21)22)16(20)18-7-6-11-2-5-14-15(8-11)24-10-23-14/h2,5,8,12-13H,3-4,6-7,9-10H2,1H3,(H,18,20)(H,21,22). The van der Waals surface area contributed by atoms with Crippen molar-refractivity contribution in [3.63, 3.8) is 0 Å². The van der Waals surface area contributed by atoms with Crippen LogP contribution in [0.4, 0.5) is 0 Å². The Morgan fingerprint density at radius 2 is 2.08 bits per heavy atom. The van der Waals surface area contributed by atoms with E-state index in [1.54, 1.807) is 11.9 Å². The number of amides is 1. The van der Waals surface area contributed by atoms with Gasteiger partial charge in [-0.2, -0.15) is 0 Å². The van der Waals surface area contributed by atoms with Gasteiger partial charge < -0.3 is 19.9 Å². The Hall–Kier alpha value is -2.28. The van der Waals surface area contributed by atoms with E-state index in [1.165, 1.54) is 0 Å². The molecule has 2 aliphatic heterocycles. The number of ether oxygens (including phenoxy) is 2. The third-order valence-corrected chi connectivity index (χ3v) is 4.63. The smallest absolute Gasteiger partial charge is 0.320 e. The highest BCUT2D eigenvalue weighted by Gasteiger charge is 2.33. The summed E-state index contributed by atoms with van der Waals surface area (Å²) in [5.41, 5.74) is 1.08. The minimum Gasteiger partial charge on any atom is -0.480 e. The molecule has 0 spiro atoms. The van der Waals surface area contributed by atoms with Crippen molar-refractivity contribution in [2.24, 2.45) is 5.92 Å². The Bertz CT molecular complexity index is 633. The van der Waals surface area contributed by atoms with E-state index >= 15 is 0 Å². The number of nitrogens with zero attached hydrogens (tertiary/aromatic N) is 1. The van der Waals surface area contributed by atoms with Crippen LogP contribution in [-0.2, 0) is 16.0 Å². The van der Waals surface area contributed by atoms with Gasteiger partial charge in [-0.1, -0.05) is 6.07 Å². The van der Waals surface area contributed by atoms with Crippen LogP contribution in [0.2, 0.25) is 0 Å². The molecule has 2 atom stereocenters. The second kappa shape index (κ2) is 7.09.